The number of ether oxygens (including phenoxy) is 2. The lowest BCUT2D eigenvalue weighted by Gasteiger charge is -2.27. The van der Waals surface area contributed by atoms with Gasteiger partial charge in [0.05, 0.1) is 25.3 Å². The van der Waals surface area contributed by atoms with Crippen molar-refractivity contribution in [3.63, 3.8) is 0 Å². The Bertz CT molecular complexity index is 514. The fourth-order valence-electron chi connectivity index (χ4n) is 1.98. The maximum Gasteiger partial charge on any atom is 0.416 e. The minimum absolute atomic E-state index is 0.159. The van der Waals surface area contributed by atoms with Crippen molar-refractivity contribution in [3.8, 4) is 5.75 Å². The van der Waals surface area contributed by atoms with Crippen LogP contribution < -0.4 is 10.5 Å². The summed E-state index contributed by atoms with van der Waals surface area (Å²) in [6.07, 6.45) is -4.38. The molecular weight excluding hydrogens is 299 g/mol. The van der Waals surface area contributed by atoms with Gasteiger partial charge in [-0.25, -0.2) is 4.99 Å². The second-order valence-electron chi connectivity index (χ2n) is 4.71. The maximum atomic E-state index is 12.6. The number of hydrogen-bond acceptors (Lipinski definition) is 3. The molecule has 0 aliphatic carbocycles. The van der Waals surface area contributed by atoms with Crippen LogP contribution in [-0.2, 0) is 10.9 Å². The number of benzene rings is 1. The highest BCUT2D eigenvalue weighted by Gasteiger charge is 2.30. The Morgan fingerprint density at radius 1 is 1.32 bits per heavy atom. The first-order chi connectivity index (χ1) is 10.5. The Morgan fingerprint density at radius 3 is 2.73 bits per heavy atom. The van der Waals surface area contributed by atoms with E-state index in [0.717, 1.165) is 12.1 Å². The van der Waals surface area contributed by atoms with Crippen LogP contribution in [0.15, 0.2) is 29.3 Å². The lowest BCUT2D eigenvalue weighted by Crippen LogP contribution is -2.45. The molecule has 2 rings (SSSR count). The SMILES string of the molecule is NC(=NCCOc1cccc(C(F)(F)F)c1)N1CCOCC1. The van der Waals surface area contributed by atoms with E-state index in [1.165, 1.54) is 12.1 Å². The van der Waals surface area contributed by atoms with Gasteiger partial charge in [0, 0.05) is 13.1 Å². The smallest absolute Gasteiger partial charge is 0.416 e. The first-order valence-electron chi connectivity index (χ1n) is 6.89. The lowest BCUT2D eigenvalue weighted by molar-refractivity contribution is -0.137. The molecule has 1 aliphatic rings. The molecule has 0 amide bonds. The van der Waals surface area contributed by atoms with Crippen LogP contribution in [0.2, 0.25) is 0 Å². The van der Waals surface area contributed by atoms with Crippen molar-refractivity contribution in [2.24, 2.45) is 10.7 Å². The van der Waals surface area contributed by atoms with Crippen LogP contribution >= 0.6 is 0 Å². The number of rotatable bonds is 4. The summed E-state index contributed by atoms with van der Waals surface area (Å²) in [5, 5.41) is 0. The molecule has 8 heteroatoms. The van der Waals surface area contributed by atoms with Gasteiger partial charge in [0.25, 0.3) is 0 Å². The predicted molar refractivity (Wildman–Crippen MR) is 75.8 cm³/mol. The van der Waals surface area contributed by atoms with Gasteiger partial charge in [0.2, 0.25) is 0 Å². The second-order valence-corrected chi connectivity index (χ2v) is 4.71. The normalized spacial score (nSPS) is 16.7. The van der Waals surface area contributed by atoms with Crippen molar-refractivity contribution in [3.05, 3.63) is 29.8 Å². The number of guanidine groups is 1. The van der Waals surface area contributed by atoms with Gasteiger partial charge in [-0.05, 0) is 18.2 Å². The van der Waals surface area contributed by atoms with Crippen LogP contribution in [0.4, 0.5) is 13.2 Å². The van der Waals surface area contributed by atoms with Crippen LogP contribution in [0.25, 0.3) is 0 Å². The number of nitrogens with two attached hydrogens (primary N) is 1. The standard InChI is InChI=1S/C14H18F3N3O2/c15-14(16,17)11-2-1-3-12(10-11)22-7-4-19-13(18)20-5-8-21-9-6-20/h1-3,10H,4-9H2,(H2,18,19). The van der Waals surface area contributed by atoms with Gasteiger partial charge in [-0.3, -0.25) is 0 Å². The molecule has 1 aromatic rings. The van der Waals surface area contributed by atoms with Crippen LogP contribution in [-0.4, -0.2) is 50.3 Å². The van der Waals surface area contributed by atoms with E-state index in [0.29, 0.717) is 32.3 Å². The van der Waals surface area contributed by atoms with Crippen molar-refractivity contribution >= 4 is 5.96 Å². The average molecular weight is 317 g/mol. The van der Waals surface area contributed by atoms with E-state index in [2.05, 4.69) is 4.99 Å². The number of aliphatic imine (C=N–C) groups is 1. The molecule has 1 aliphatic heterocycles. The third kappa shape index (κ3) is 4.80. The first-order valence-corrected chi connectivity index (χ1v) is 6.89. The van der Waals surface area contributed by atoms with E-state index in [9.17, 15) is 13.2 Å². The lowest BCUT2D eigenvalue weighted by atomic mass is 10.2. The molecule has 22 heavy (non-hydrogen) atoms. The molecule has 122 valence electrons. The molecule has 1 saturated heterocycles. The third-order valence-corrected chi connectivity index (χ3v) is 3.13. The number of nitrogens with zero attached hydrogens (tertiary/aromatic N) is 2. The van der Waals surface area contributed by atoms with Gasteiger partial charge in [-0.1, -0.05) is 6.07 Å². The molecule has 0 atom stereocenters. The summed E-state index contributed by atoms with van der Waals surface area (Å²) < 4.78 is 48.2. The fraction of sp³-hybridized carbons (Fsp3) is 0.500. The minimum atomic E-state index is -4.38. The van der Waals surface area contributed by atoms with E-state index >= 15 is 0 Å². The molecule has 5 nitrogen and oxygen atoms in total. The molecule has 1 heterocycles. The molecule has 1 fully saturated rings. The molecule has 0 spiro atoms. The van der Waals surface area contributed by atoms with Crippen LogP contribution in [0.5, 0.6) is 5.75 Å². The molecule has 0 radical (unpaired) electrons. The summed E-state index contributed by atoms with van der Waals surface area (Å²) in [4.78, 5) is 6.05. The second kappa shape index (κ2) is 7.35. The minimum Gasteiger partial charge on any atom is -0.492 e. The quantitative estimate of drug-likeness (QED) is 0.522. The highest BCUT2D eigenvalue weighted by atomic mass is 19.4. The van der Waals surface area contributed by atoms with E-state index in [-0.39, 0.29) is 18.9 Å². The Balaban J connectivity index is 1.81. The van der Waals surface area contributed by atoms with Crippen molar-refractivity contribution in [1.29, 1.82) is 0 Å². The maximum absolute atomic E-state index is 12.6. The van der Waals surface area contributed by atoms with Crippen LogP contribution in [0.3, 0.4) is 0 Å². The molecule has 1 aromatic carbocycles. The zero-order valence-corrected chi connectivity index (χ0v) is 12.0. The Kier molecular flexibility index (Phi) is 5.48. The number of hydrogen-bond donors (Lipinski definition) is 1. The summed E-state index contributed by atoms with van der Waals surface area (Å²) in [5.74, 6) is 0.561. The first kappa shape index (κ1) is 16.4. The van der Waals surface area contributed by atoms with Crippen LogP contribution in [0.1, 0.15) is 5.56 Å². The summed E-state index contributed by atoms with van der Waals surface area (Å²) in [7, 11) is 0. The van der Waals surface area contributed by atoms with Gasteiger partial charge < -0.3 is 20.1 Å². The average Bonchev–Trinajstić information content (AvgIpc) is 2.52. The summed E-state index contributed by atoms with van der Waals surface area (Å²) in [5.41, 5.74) is 5.09. The zero-order valence-electron chi connectivity index (χ0n) is 12.0. The Morgan fingerprint density at radius 2 is 2.05 bits per heavy atom. The fourth-order valence-corrected chi connectivity index (χ4v) is 1.98. The molecule has 0 aromatic heterocycles. The van der Waals surface area contributed by atoms with Gasteiger partial charge >= 0.3 is 6.18 Å². The number of alkyl halides is 3. The van der Waals surface area contributed by atoms with Gasteiger partial charge in [-0.2, -0.15) is 13.2 Å². The van der Waals surface area contributed by atoms with Crippen molar-refractivity contribution in [2.75, 3.05) is 39.5 Å². The summed E-state index contributed by atoms with van der Waals surface area (Å²) in [6, 6.07) is 4.75. The Labute approximate surface area is 126 Å². The number of halogens is 3. The molecular formula is C14H18F3N3O2. The monoisotopic (exact) mass is 317 g/mol. The zero-order chi connectivity index (χ0) is 16.0. The van der Waals surface area contributed by atoms with Crippen molar-refractivity contribution < 1.29 is 22.6 Å². The third-order valence-electron chi connectivity index (χ3n) is 3.13. The largest absolute Gasteiger partial charge is 0.492 e. The topological polar surface area (TPSA) is 60.1 Å². The number of morpholine rings is 1. The molecule has 0 saturated carbocycles. The molecule has 0 unspecified atom stereocenters. The van der Waals surface area contributed by atoms with E-state index in [1.54, 1.807) is 0 Å². The van der Waals surface area contributed by atoms with E-state index in [4.69, 9.17) is 15.2 Å². The van der Waals surface area contributed by atoms with Gasteiger partial charge in [0.1, 0.15) is 12.4 Å². The molecule has 0 bridgehead atoms. The van der Waals surface area contributed by atoms with Gasteiger partial charge in [-0.15, -0.1) is 0 Å². The van der Waals surface area contributed by atoms with Gasteiger partial charge in [0.15, 0.2) is 5.96 Å². The van der Waals surface area contributed by atoms with Crippen molar-refractivity contribution in [1.82, 2.24) is 4.90 Å². The van der Waals surface area contributed by atoms with Crippen molar-refractivity contribution in [2.45, 2.75) is 6.18 Å². The highest BCUT2D eigenvalue weighted by molar-refractivity contribution is 5.78. The van der Waals surface area contributed by atoms with E-state index in [1.807, 2.05) is 4.90 Å². The van der Waals surface area contributed by atoms with E-state index < -0.39 is 11.7 Å². The Hall–Kier alpha value is -1.96. The summed E-state index contributed by atoms with van der Waals surface area (Å²) in [6.45, 7) is 3.02. The summed E-state index contributed by atoms with van der Waals surface area (Å²) >= 11 is 0. The highest BCUT2D eigenvalue weighted by Crippen LogP contribution is 2.31. The molecule has 2 N–H and O–H groups in total. The van der Waals surface area contributed by atoms with Crippen LogP contribution in [0, 0.1) is 0 Å². The predicted octanol–water partition coefficient (Wildman–Crippen LogP) is 1.73.